The number of rotatable bonds is 3. The summed E-state index contributed by atoms with van der Waals surface area (Å²) in [5.41, 5.74) is 4.07. The lowest BCUT2D eigenvalue weighted by atomic mass is 9.98. The lowest BCUT2D eigenvalue weighted by molar-refractivity contribution is 0.624. The zero-order valence-corrected chi connectivity index (χ0v) is 10.7. The molecule has 1 aromatic heterocycles. The van der Waals surface area contributed by atoms with Crippen molar-refractivity contribution in [2.75, 3.05) is 11.9 Å². The number of nitrogens with one attached hydrogen (secondary N) is 1. The molecule has 0 aliphatic carbocycles. The van der Waals surface area contributed by atoms with E-state index in [0.717, 1.165) is 25.3 Å². The predicted molar refractivity (Wildman–Crippen MR) is 71.8 cm³/mol. The summed E-state index contributed by atoms with van der Waals surface area (Å²) in [5, 5.41) is 7.75. The Bertz CT molecular complexity index is 544. The van der Waals surface area contributed by atoms with Gasteiger partial charge in [0.25, 0.3) is 0 Å². The molecule has 0 atom stereocenters. The minimum Gasteiger partial charge on any atom is -0.385 e. The second-order valence-electron chi connectivity index (χ2n) is 4.65. The number of benzene rings is 1. The second-order valence-corrected chi connectivity index (χ2v) is 4.65. The van der Waals surface area contributed by atoms with Gasteiger partial charge >= 0.3 is 0 Å². The molecule has 1 aromatic carbocycles. The van der Waals surface area contributed by atoms with E-state index in [1.54, 1.807) is 6.33 Å². The molecule has 1 N–H and O–H groups in total. The van der Waals surface area contributed by atoms with Crippen LogP contribution in [0.15, 0.2) is 24.5 Å². The van der Waals surface area contributed by atoms with Crippen LogP contribution >= 0.6 is 0 Å². The molecule has 0 bridgehead atoms. The molecule has 2 heterocycles. The van der Waals surface area contributed by atoms with E-state index in [9.17, 15) is 0 Å². The highest BCUT2D eigenvalue weighted by atomic mass is 15.3. The summed E-state index contributed by atoms with van der Waals surface area (Å²) in [6, 6.07) is 6.55. The van der Waals surface area contributed by atoms with E-state index >= 15 is 0 Å². The SMILES string of the molecule is CCn1ncnc1Cc1cccc2c1NCCC2. The number of anilines is 1. The summed E-state index contributed by atoms with van der Waals surface area (Å²) in [6.07, 6.45) is 4.89. The fraction of sp³-hybridized carbons (Fsp3) is 0.429. The van der Waals surface area contributed by atoms with E-state index in [0.29, 0.717) is 0 Å². The van der Waals surface area contributed by atoms with Crippen LogP contribution in [-0.4, -0.2) is 21.3 Å². The van der Waals surface area contributed by atoms with Gasteiger partial charge in [-0.25, -0.2) is 4.98 Å². The molecule has 0 saturated heterocycles. The number of hydrogen-bond donors (Lipinski definition) is 1. The summed E-state index contributed by atoms with van der Waals surface area (Å²) in [5.74, 6) is 1.04. The lowest BCUT2D eigenvalue weighted by Crippen LogP contribution is -2.14. The van der Waals surface area contributed by atoms with E-state index in [1.165, 1.54) is 29.7 Å². The van der Waals surface area contributed by atoms with Crippen molar-refractivity contribution < 1.29 is 0 Å². The first kappa shape index (κ1) is 11.3. The van der Waals surface area contributed by atoms with Crippen molar-refractivity contribution in [1.29, 1.82) is 0 Å². The summed E-state index contributed by atoms with van der Waals surface area (Å²) in [4.78, 5) is 4.36. The minimum absolute atomic E-state index is 0.851. The number of aryl methyl sites for hydroxylation is 2. The quantitative estimate of drug-likeness (QED) is 0.897. The fourth-order valence-electron chi connectivity index (χ4n) is 2.59. The van der Waals surface area contributed by atoms with Crippen molar-refractivity contribution in [3.8, 4) is 0 Å². The first-order chi connectivity index (χ1) is 8.88. The first-order valence-corrected chi connectivity index (χ1v) is 6.60. The standard InChI is InChI=1S/C14H18N4/c1-2-18-13(16-10-17-18)9-12-6-3-5-11-7-4-8-15-14(11)12/h3,5-6,10,15H,2,4,7-9H2,1H3. The van der Waals surface area contributed by atoms with Crippen LogP contribution in [0, 0.1) is 0 Å². The highest BCUT2D eigenvalue weighted by Crippen LogP contribution is 2.27. The zero-order valence-electron chi connectivity index (χ0n) is 10.7. The molecular formula is C14H18N4. The second kappa shape index (κ2) is 4.80. The van der Waals surface area contributed by atoms with Gasteiger partial charge in [0.15, 0.2) is 0 Å². The maximum Gasteiger partial charge on any atom is 0.138 e. The Balaban J connectivity index is 1.93. The Morgan fingerprint density at radius 3 is 3.22 bits per heavy atom. The molecule has 94 valence electrons. The topological polar surface area (TPSA) is 42.7 Å². The van der Waals surface area contributed by atoms with Crippen LogP contribution < -0.4 is 5.32 Å². The molecule has 0 radical (unpaired) electrons. The van der Waals surface area contributed by atoms with Gasteiger partial charge in [0.1, 0.15) is 12.2 Å². The normalized spacial score (nSPS) is 14.1. The number of fused-ring (bicyclic) bond motifs is 1. The van der Waals surface area contributed by atoms with Gasteiger partial charge < -0.3 is 5.32 Å². The maximum atomic E-state index is 4.36. The molecule has 4 heteroatoms. The van der Waals surface area contributed by atoms with Crippen LogP contribution in [0.5, 0.6) is 0 Å². The third-order valence-corrected chi connectivity index (χ3v) is 3.51. The molecule has 0 amide bonds. The van der Waals surface area contributed by atoms with Crippen LogP contribution in [0.2, 0.25) is 0 Å². The maximum absolute atomic E-state index is 4.36. The Morgan fingerprint density at radius 1 is 1.39 bits per heavy atom. The van der Waals surface area contributed by atoms with E-state index in [4.69, 9.17) is 0 Å². The van der Waals surface area contributed by atoms with Crippen LogP contribution in [0.3, 0.4) is 0 Å². The molecule has 4 nitrogen and oxygen atoms in total. The Hall–Kier alpha value is -1.84. The molecule has 0 spiro atoms. The van der Waals surface area contributed by atoms with Crippen molar-refractivity contribution in [2.45, 2.75) is 32.7 Å². The van der Waals surface area contributed by atoms with Crippen LogP contribution in [0.25, 0.3) is 0 Å². The predicted octanol–water partition coefficient (Wildman–Crippen LogP) is 2.25. The molecule has 1 aliphatic rings. The van der Waals surface area contributed by atoms with Crippen molar-refractivity contribution >= 4 is 5.69 Å². The third kappa shape index (κ3) is 1.98. The van der Waals surface area contributed by atoms with Crippen molar-refractivity contribution in [2.24, 2.45) is 0 Å². The van der Waals surface area contributed by atoms with E-state index in [1.807, 2.05) is 4.68 Å². The molecule has 0 saturated carbocycles. The summed E-state index contributed by atoms with van der Waals surface area (Å²) in [6.45, 7) is 4.04. The number of nitrogens with zero attached hydrogens (tertiary/aromatic N) is 3. The number of para-hydroxylation sites is 1. The van der Waals surface area contributed by atoms with Gasteiger partial charge in [-0.05, 0) is 30.9 Å². The van der Waals surface area contributed by atoms with E-state index in [2.05, 4.69) is 40.5 Å². The highest BCUT2D eigenvalue weighted by molar-refractivity contribution is 5.59. The van der Waals surface area contributed by atoms with Crippen molar-refractivity contribution in [3.63, 3.8) is 0 Å². The van der Waals surface area contributed by atoms with Gasteiger partial charge in [0.05, 0.1) is 0 Å². The third-order valence-electron chi connectivity index (χ3n) is 3.51. The Morgan fingerprint density at radius 2 is 2.33 bits per heavy atom. The molecule has 3 rings (SSSR count). The average molecular weight is 242 g/mol. The number of aromatic nitrogens is 3. The minimum atomic E-state index is 0.851. The molecule has 18 heavy (non-hydrogen) atoms. The molecular weight excluding hydrogens is 224 g/mol. The van der Waals surface area contributed by atoms with Gasteiger partial charge in [0, 0.05) is 25.2 Å². The van der Waals surface area contributed by atoms with Gasteiger partial charge in [-0.2, -0.15) is 5.10 Å². The largest absolute Gasteiger partial charge is 0.385 e. The Labute approximate surface area is 107 Å². The van der Waals surface area contributed by atoms with E-state index in [-0.39, 0.29) is 0 Å². The van der Waals surface area contributed by atoms with Crippen molar-refractivity contribution in [3.05, 3.63) is 41.5 Å². The molecule has 0 unspecified atom stereocenters. The fourth-order valence-corrected chi connectivity index (χ4v) is 2.59. The van der Waals surface area contributed by atoms with Crippen LogP contribution in [-0.2, 0) is 19.4 Å². The average Bonchev–Trinajstić information content (AvgIpc) is 2.86. The monoisotopic (exact) mass is 242 g/mol. The van der Waals surface area contributed by atoms with Crippen molar-refractivity contribution in [1.82, 2.24) is 14.8 Å². The number of hydrogen-bond acceptors (Lipinski definition) is 3. The lowest BCUT2D eigenvalue weighted by Gasteiger charge is -2.21. The van der Waals surface area contributed by atoms with E-state index < -0.39 is 0 Å². The van der Waals surface area contributed by atoms with Gasteiger partial charge in [0.2, 0.25) is 0 Å². The van der Waals surface area contributed by atoms with Crippen LogP contribution in [0.4, 0.5) is 5.69 Å². The first-order valence-electron chi connectivity index (χ1n) is 6.60. The van der Waals surface area contributed by atoms with Crippen LogP contribution in [0.1, 0.15) is 30.3 Å². The molecule has 1 aliphatic heterocycles. The smallest absolute Gasteiger partial charge is 0.138 e. The summed E-state index contributed by atoms with van der Waals surface area (Å²) < 4.78 is 1.96. The van der Waals surface area contributed by atoms with Gasteiger partial charge in [-0.15, -0.1) is 0 Å². The molecule has 0 fully saturated rings. The summed E-state index contributed by atoms with van der Waals surface area (Å²) in [7, 11) is 0. The summed E-state index contributed by atoms with van der Waals surface area (Å²) >= 11 is 0. The molecule has 2 aromatic rings. The zero-order chi connectivity index (χ0) is 12.4. The Kier molecular flexibility index (Phi) is 3.00. The van der Waals surface area contributed by atoms with Gasteiger partial charge in [-0.1, -0.05) is 18.2 Å². The van der Waals surface area contributed by atoms with Gasteiger partial charge in [-0.3, -0.25) is 4.68 Å². The highest BCUT2D eigenvalue weighted by Gasteiger charge is 2.14.